The Bertz CT molecular complexity index is 1020. The maximum absolute atomic E-state index is 15.0. The molecule has 0 radical (unpaired) electrons. The van der Waals surface area contributed by atoms with Gasteiger partial charge in [0.25, 0.3) is 5.91 Å². The molecule has 0 saturated carbocycles. The summed E-state index contributed by atoms with van der Waals surface area (Å²) < 4.78 is 15.0. The Labute approximate surface area is 176 Å². The molecule has 2 aromatic rings. The van der Waals surface area contributed by atoms with Gasteiger partial charge in [0.15, 0.2) is 5.15 Å². The number of aliphatic hydroxyl groups is 2. The Kier molecular flexibility index (Phi) is 6.46. The molecule has 0 spiro atoms. The van der Waals surface area contributed by atoms with Crippen molar-refractivity contribution in [3.63, 3.8) is 0 Å². The van der Waals surface area contributed by atoms with E-state index in [4.69, 9.17) is 11.6 Å². The summed E-state index contributed by atoms with van der Waals surface area (Å²) in [7, 11) is 0. The van der Waals surface area contributed by atoms with Crippen LogP contribution in [0.5, 0.6) is 0 Å². The van der Waals surface area contributed by atoms with Crippen molar-refractivity contribution in [2.75, 3.05) is 5.32 Å². The van der Waals surface area contributed by atoms with E-state index in [1.807, 2.05) is 6.92 Å². The third-order valence-corrected chi connectivity index (χ3v) is 5.98. The monoisotopic (exact) mass is 435 g/mol. The van der Waals surface area contributed by atoms with Crippen LogP contribution in [0.15, 0.2) is 41.6 Å². The quantitative estimate of drug-likeness (QED) is 0.594. The largest absolute Gasteiger partial charge is 0.511 e. The summed E-state index contributed by atoms with van der Waals surface area (Å²) in [4.78, 5) is 21.7. The number of thiazole rings is 1. The number of carbonyl (C=O) groups is 1. The highest BCUT2D eigenvalue weighted by molar-refractivity contribution is 7.12. The molecule has 152 valence electrons. The van der Waals surface area contributed by atoms with Crippen LogP contribution in [0.25, 0.3) is 5.57 Å². The second-order valence-corrected chi connectivity index (χ2v) is 7.76. The number of nitrogens with zero attached hydrogens (tertiary/aromatic N) is 2. The van der Waals surface area contributed by atoms with Gasteiger partial charge in [-0.25, -0.2) is 14.4 Å². The highest BCUT2D eigenvalue weighted by Crippen LogP contribution is 2.34. The van der Waals surface area contributed by atoms with Gasteiger partial charge in [0.05, 0.1) is 23.6 Å². The molecule has 0 bridgehead atoms. The van der Waals surface area contributed by atoms with Crippen LogP contribution in [0, 0.1) is 6.92 Å². The predicted octanol–water partition coefficient (Wildman–Crippen LogP) is 4.65. The lowest BCUT2D eigenvalue weighted by Gasteiger charge is -2.10. The molecule has 3 rings (SSSR count). The van der Waals surface area contributed by atoms with Crippen LogP contribution in [-0.4, -0.2) is 26.1 Å². The highest BCUT2D eigenvalue weighted by Gasteiger charge is 2.23. The molecule has 29 heavy (non-hydrogen) atoms. The molecule has 1 aliphatic carbocycles. The van der Waals surface area contributed by atoms with E-state index in [2.05, 4.69) is 15.3 Å². The number of hydrogen-bond donors (Lipinski definition) is 3. The number of hydrogen-bond acceptors (Lipinski definition) is 6. The number of amides is 1. The molecule has 6 nitrogen and oxygen atoms in total. The molecule has 9 heteroatoms. The number of allylic oxidation sites excluding steroid dienone is 3. The van der Waals surface area contributed by atoms with E-state index in [9.17, 15) is 19.4 Å². The maximum Gasteiger partial charge on any atom is 0.259 e. The van der Waals surface area contributed by atoms with Crippen molar-refractivity contribution >= 4 is 40.1 Å². The minimum Gasteiger partial charge on any atom is -0.511 e. The molecule has 0 atom stereocenters. The standard InChI is InChI=1S/C20H19ClFN3O3S/c1-3-16-14(9-26)24-20(29-16)11-4-5-15(27)12(8-13(11)22)19(28)25-17-10(2)6-7-23-18(17)21/h4,6-8,26-27H,3,5,9H2,1-2H3,(H,25,28). The first-order valence-electron chi connectivity index (χ1n) is 8.87. The summed E-state index contributed by atoms with van der Waals surface area (Å²) in [6.45, 7) is 3.43. The number of carbonyl (C=O) groups excluding carboxylic acids is 1. The van der Waals surface area contributed by atoms with Crippen molar-refractivity contribution in [1.29, 1.82) is 0 Å². The van der Waals surface area contributed by atoms with Crippen LogP contribution in [0.3, 0.4) is 0 Å². The molecule has 0 fully saturated rings. The van der Waals surface area contributed by atoms with E-state index < -0.39 is 11.7 Å². The highest BCUT2D eigenvalue weighted by atomic mass is 35.5. The van der Waals surface area contributed by atoms with Crippen molar-refractivity contribution in [1.82, 2.24) is 9.97 Å². The second kappa shape index (κ2) is 8.86. The van der Waals surface area contributed by atoms with Crippen molar-refractivity contribution in [2.45, 2.75) is 33.3 Å². The van der Waals surface area contributed by atoms with E-state index in [-0.39, 0.29) is 35.1 Å². The molecule has 0 aliphatic heterocycles. The molecule has 1 aliphatic rings. The number of nitrogens with one attached hydrogen (secondary N) is 1. The Morgan fingerprint density at radius 3 is 2.83 bits per heavy atom. The lowest BCUT2D eigenvalue weighted by Crippen LogP contribution is -2.16. The average Bonchev–Trinajstić information content (AvgIpc) is 3.05. The van der Waals surface area contributed by atoms with E-state index in [0.29, 0.717) is 28.4 Å². The van der Waals surface area contributed by atoms with E-state index in [1.54, 1.807) is 13.0 Å². The summed E-state index contributed by atoms with van der Waals surface area (Å²) in [6, 6.07) is 1.67. The summed E-state index contributed by atoms with van der Waals surface area (Å²) in [5, 5.41) is 22.8. The first-order chi connectivity index (χ1) is 13.8. The Morgan fingerprint density at radius 2 is 2.21 bits per heavy atom. The number of anilines is 1. The van der Waals surface area contributed by atoms with Gasteiger partial charge in [0.1, 0.15) is 16.6 Å². The van der Waals surface area contributed by atoms with Gasteiger partial charge >= 0.3 is 0 Å². The van der Waals surface area contributed by atoms with Gasteiger partial charge in [-0.1, -0.05) is 24.6 Å². The minimum absolute atomic E-state index is 0.0444. The lowest BCUT2D eigenvalue weighted by atomic mass is 10.1. The maximum atomic E-state index is 15.0. The summed E-state index contributed by atoms with van der Waals surface area (Å²) in [5.74, 6) is -1.68. The van der Waals surface area contributed by atoms with Crippen LogP contribution in [0.4, 0.5) is 10.1 Å². The first kappa shape index (κ1) is 21.2. The summed E-state index contributed by atoms with van der Waals surface area (Å²) >= 11 is 7.30. The number of rotatable bonds is 5. The number of pyridine rings is 1. The van der Waals surface area contributed by atoms with Crippen LogP contribution in [0.2, 0.25) is 5.15 Å². The third kappa shape index (κ3) is 4.39. The van der Waals surface area contributed by atoms with Gasteiger partial charge in [-0.15, -0.1) is 11.3 Å². The van der Waals surface area contributed by atoms with E-state index >= 15 is 0 Å². The summed E-state index contributed by atoms with van der Waals surface area (Å²) in [5.41, 5.74) is 1.45. The topological polar surface area (TPSA) is 95.3 Å². The van der Waals surface area contributed by atoms with Crippen molar-refractivity contribution < 1.29 is 19.4 Å². The Hall–Kier alpha value is -2.55. The van der Waals surface area contributed by atoms with E-state index in [1.165, 1.54) is 23.6 Å². The van der Waals surface area contributed by atoms with Crippen molar-refractivity contribution in [2.24, 2.45) is 0 Å². The fourth-order valence-electron chi connectivity index (χ4n) is 2.83. The zero-order chi connectivity index (χ0) is 21.1. The molecule has 2 aromatic heterocycles. The van der Waals surface area contributed by atoms with Gasteiger partial charge in [0, 0.05) is 23.1 Å². The van der Waals surface area contributed by atoms with E-state index in [0.717, 1.165) is 11.0 Å². The minimum atomic E-state index is -0.700. The summed E-state index contributed by atoms with van der Waals surface area (Å²) in [6.07, 6.45) is 4.58. The smallest absolute Gasteiger partial charge is 0.259 e. The molecular weight excluding hydrogens is 417 g/mol. The predicted molar refractivity (Wildman–Crippen MR) is 111 cm³/mol. The van der Waals surface area contributed by atoms with Crippen LogP contribution < -0.4 is 5.32 Å². The fraction of sp³-hybridized carbons (Fsp3) is 0.250. The second-order valence-electron chi connectivity index (χ2n) is 6.32. The Balaban J connectivity index is 1.91. The lowest BCUT2D eigenvalue weighted by molar-refractivity contribution is -0.112. The molecule has 3 N–H and O–H groups in total. The zero-order valence-corrected chi connectivity index (χ0v) is 17.4. The van der Waals surface area contributed by atoms with Crippen LogP contribution in [0.1, 0.15) is 34.5 Å². The van der Waals surface area contributed by atoms with Gasteiger partial charge in [-0.05, 0) is 31.1 Å². The molecule has 0 aromatic carbocycles. The number of aliphatic hydroxyl groups excluding tert-OH is 2. The van der Waals surface area contributed by atoms with Crippen molar-refractivity contribution in [3.05, 3.63) is 67.9 Å². The molecule has 0 saturated heterocycles. The first-order valence-corrected chi connectivity index (χ1v) is 10.1. The van der Waals surface area contributed by atoms with Crippen LogP contribution >= 0.6 is 22.9 Å². The molecule has 1 amide bonds. The number of aryl methyl sites for hydroxylation is 2. The van der Waals surface area contributed by atoms with Crippen molar-refractivity contribution in [3.8, 4) is 0 Å². The molecule has 2 heterocycles. The average molecular weight is 436 g/mol. The number of aromatic nitrogens is 2. The number of halogens is 2. The van der Waals surface area contributed by atoms with Crippen LogP contribution in [-0.2, 0) is 17.8 Å². The molecule has 0 unspecified atom stereocenters. The zero-order valence-electron chi connectivity index (χ0n) is 15.8. The van der Waals surface area contributed by atoms with Gasteiger partial charge in [0.2, 0.25) is 0 Å². The van der Waals surface area contributed by atoms with Gasteiger partial charge in [-0.3, -0.25) is 4.79 Å². The normalized spacial score (nSPS) is 14.4. The fourth-order valence-corrected chi connectivity index (χ4v) is 4.14. The van der Waals surface area contributed by atoms with Gasteiger partial charge < -0.3 is 15.5 Å². The van der Waals surface area contributed by atoms with Gasteiger partial charge in [-0.2, -0.15) is 0 Å². The third-order valence-electron chi connectivity index (χ3n) is 4.41. The molecular formula is C20H19ClFN3O3S. The SMILES string of the molecule is CCc1sc(C2=CCC(O)=C(C(=O)Nc3c(C)ccnc3Cl)C=C2F)nc1CO. The Morgan fingerprint density at radius 1 is 1.45 bits per heavy atom.